The molecule has 0 spiro atoms. The predicted molar refractivity (Wildman–Crippen MR) is 132 cm³/mol. The van der Waals surface area contributed by atoms with Gasteiger partial charge in [-0.15, -0.1) is 10.2 Å². The van der Waals surface area contributed by atoms with Crippen molar-refractivity contribution in [2.45, 2.75) is 91.1 Å². The van der Waals surface area contributed by atoms with Gasteiger partial charge in [0.2, 0.25) is 0 Å². The molecular weight excluding hydrogens is 414 g/mol. The van der Waals surface area contributed by atoms with Crippen LogP contribution in [0.15, 0.2) is 42.0 Å². The summed E-state index contributed by atoms with van der Waals surface area (Å²) >= 11 is 0. The van der Waals surface area contributed by atoms with Crippen molar-refractivity contribution in [1.82, 2.24) is 15.0 Å². The van der Waals surface area contributed by atoms with Crippen molar-refractivity contribution in [2.75, 3.05) is 6.61 Å². The number of rotatable bonds is 11. The maximum absolute atomic E-state index is 12.3. The molecule has 3 rings (SSSR count). The van der Waals surface area contributed by atoms with E-state index in [1.807, 2.05) is 30.3 Å². The third kappa shape index (κ3) is 7.26. The van der Waals surface area contributed by atoms with Crippen molar-refractivity contribution in [3.8, 4) is 0 Å². The number of esters is 1. The van der Waals surface area contributed by atoms with E-state index < -0.39 is 5.60 Å². The van der Waals surface area contributed by atoms with Gasteiger partial charge in [-0.3, -0.25) is 4.79 Å². The van der Waals surface area contributed by atoms with Crippen LogP contribution in [-0.2, 0) is 9.53 Å². The third-order valence-corrected chi connectivity index (χ3v) is 6.17. The second-order valence-corrected chi connectivity index (χ2v) is 10.2. The number of carbonyl (C=O) groups excluding carboxylic acids is 1. The van der Waals surface area contributed by atoms with Crippen LogP contribution in [0, 0.1) is 5.41 Å². The Labute approximate surface area is 197 Å². The number of aromatic nitrogens is 3. The molecule has 1 aliphatic carbocycles. The average Bonchev–Trinajstić information content (AvgIpc) is 3.21. The van der Waals surface area contributed by atoms with E-state index in [2.05, 4.69) is 44.0 Å². The molecule has 0 saturated carbocycles. The Morgan fingerprint density at radius 1 is 1.09 bits per heavy atom. The van der Waals surface area contributed by atoms with E-state index in [9.17, 15) is 9.90 Å². The van der Waals surface area contributed by atoms with Crippen LogP contribution < -0.4 is 0 Å². The summed E-state index contributed by atoms with van der Waals surface area (Å²) in [4.78, 5) is 13.9. The van der Waals surface area contributed by atoms with Crippen LogP contribution in [-0.4, -0.2) is 38.3 Å². The molecule has 1 aromatic carbocycles. The Balaban J connectivity index is 1.62. The Morgan fingerprint density at radius 2 is 1.73 bits per heavy atom. The molecule has 2 aromatic rings. The smallest absolute Gasteiger partial charge is 0.305 e. The summed E-state index contributed by atoms with van der Waals surface area (Å²) in [6, 6.07) is 7.72. The van der Waals surface area contributed by atoms with Gasteiger partial charge in [0.05, 0.1) is 17.9 Å². The number of benzene rings is 1. The van der Waals surface area contributed by atoms with Gasteiger partial charge in [0.1, 0.15) is 11.0 Å². The first-order valence-corrected chi connectivity index (χ1v) is 12.3. The Morgan fingerprint density at radius 3 is 2.36 bits per heavy atom. The van der Waals surface area contributed by atoms with Crippen molar-refractivity contribution < 1.29 is 14.6 Å². The molecule has 0 bridgehead atoms. The topological polar surface area (TPSA) is 77.2 Å². The number of unbranched alkanes of at least 4 members (excludes halogenated alkanes) is 5. The minimum absolute atomic E-state index is 0.162. The van der Waals surface area contributed by atoms with Gasteiger partial charge in [-0.1, -0.05) is 71.9 Å². The number of carbonyl (C=O) groups is 1. The standard InChI is InChI=1S/C27H39N3O3/c1-5-6-7-8-9-12-17-33-25(31)15-16-27(32)19-21(26(2,3)4)18-22(20-27)30-28-23-13-10-11-14-24(23)29-30/h10-11,13-14,18-19,32H,5-9,12,15-17,20H2,1-4H3. The van der Waals surface area contributed by atoms with Crippen LogP contribution in [0.1, 0.15) is 85.5 Å². The van der Waals surface area contributed by atoms with Gasteiger partial charge in [0.15, 0.2) is 0 Å². The Hall–Kier alpha value is -2.47. The molecule has 0 saturated heterocycles. The van der Waals surface area contributed by atoms with E-state index in [0.29, 0.717) is 19.4 Å². The van der Waals surface area contributed by atoms with Crippen molar-refractivity contribution >= 4 is 22.7 Å². The Bertz CT molecular complexity index is 966. The number of aliphatic hydroxyl groups is 1. The lowest BCUT2D eigenvalue weighted by molar-refractivity contribution is -0.144. The molecule has 6 heteroatoms. The van der Waals surface area contributed by atoms with Gasteiger partial charge in [-0.25, -0.2) is 0 Å². The largest absolute Gasteiger partial charge is 0.466 e. The molecule has 0 aliphatic heterocycles. The zero-order valence-electron chi connectivity index (χ0n) is 20.6. The second kappa shape index (κ2) is 11.1. The van der Waals surface area contributed by atoms with Gasteiger partial charge in [-0.2, -0.15) is 4.80 Å². The highest BCUT2D eigenvalue weighted by Crippen LogP contribution is 2.39. The first-order chi connectivity index (χ1) is 15.7. The summed E-state index contributed by atoms with van der Waals surface area (Å²) in [5, 5.41) is 20.7. The van der Waals surface area contributed by atoms with Crippen molar-refractivity contribution in [2.24, 2.45) is 5.41 Å². The van der Waals surface area contributed by atoms with Gasteiger partial charge in [0, 0.05) is 12.8 Å². The number of allylic oxidation sites excluding steroid dienone is 2. The minimum Gasteiger partial charge on any atom is -0.466 e. The van der Waals surface area contributed by atoms with E-state index in [0.717, 1.165) is 35.1 Å². The Kier molecular flexibility index (Phi) is 8.46. The fourth-order valence-corrected chi connectivity index (χ4v) is 4.10. The summed E-state index contributed by atoms with van der Waals surface area (Å²) in [7, 11) is 0. The van der Waals surface area contributed by atoms with E-state index in [1.54, 1.807) is 4.80 Å². The third-order valence-electron chi connectivity index (χ3n) is 6.17. The summed E-state index contributed by atoms with van der Waals surface area (Å²) in [6.45, 7) is 9.00. The number of ether oxygens (including phenoxy) is 1. The van der Waals surface area contributed by atoms with Crippen LogP contribution in [0.2, 0.25) is 0 Å². The first-order valence-electron chi connectivity index (χ1n) is 12.3. The molecular formula is C27H39N3O3. The van der Waals surface area contributed by atoms with E-state index >= 15 is 0 Å². The zero-order chi connectivity index (χ0) is 23.9. The number of hydrogen-bond donors (Lipinski definition) is 1. The predicted octanol–water partition coefficient (Wildman–Crippen LogP) is 6.06. The minimum atomic E-state index is -1.15. The molecule has 1 N–H and O–H groups in total. The monoisotopic (exact) mass is 453 g/mol. The highest BCUT2D eigenvalue weighted by Gasteiger charge is 2.34. The molecule has 33 heavy (non-hydrogen) atoms. The highest BCUT2D eigenvalue weighted by molar-refractivity contribution is 5.74. The molecule has 1 aromatic heterocycles. The number of nitrogens with zero attached hydrogens (tertiary/aromatic N) is 3. The molecule has 6 nitrogen and oxygen atoms in total. The molecule has 0 amide bonds. The SMILES string of the molecule is CCCCCCCCOC(=O)CCC1(O)C=C(C(C)(C)C)C=C(n2nc3ccccc3n2)C1. The number of fused-ring (bicyclic) bond motifs is 1. The van der Waals surface area contributed by atoms with Crippen molar-refractivity contribution in [1.29, 1.82) is 0 Å². The van der Waals surface area contributed by atoms with Crippen molar-refractivity contribution in [3.05, 3.63) is 42.0 Å². The van der Waals surface area contributed by atoms with Gasteiger partial charge in [-0.05, 0) is 48.1 Å². The molecule has 0 radical (unpaired) electrons. The molecule has 0 fully saturated rings. The molecule has 1 atom stereocenters. The van der Waals surface area contributed by atoms with Crippen LogP contribution >= 0.6 is 0 Å². The molecule has 1 heterocycles. The van der Waals surface area contributed by atoms with E-state index in [1.165, 1.54) is 25.7 Å². The fourth-order valence-electron chi connectivity index (χ4n) is 4.10. The lowest BCUT2D eigenvalue weighted by Crippen LogP contribution is -2.33. The lowest BCUT2D eigenvalue weighted by atomic mass is 9.77. The maximum atomic E-state index is 12.3. The van der Waals surface area contributed by atoms with Crippen LogP contribution in [0.3, 0.4) is 0 Å². The first kappa shape index (κ1) is 25.2. The quantitative estimate of drug-likeness (QED) is 0.330. The van der Waals surface area contributed by atoms with Gasteiger partial charge in [0.25, 0.3) is 0 Å². The summed E-state index contributed by atoms with van der Waals surface area (Å²) in [5.41, 5.74) is 2.14. The summed E-state index contributed by atoms with van der Waals surface area (Å²) in [5.74, 6) is -0.248. The van der Waals surface area contributed by atoms with Crippen molar-refractivity contribution in [3.63, 3.8) is 0 Å². The normalized spacial score (nSPS) is 18.8. The zero-order valence-corrected chi connectivity index (χ0v) is 20.6. The molecule has 1 unspecified atom stereocenters. The van der Waals surface area contributed by atoms with Gasteiger partial charge < -0.3 is 9.84 Å². The summed E-state index contributed by atoms with van der Waals surface area (Å²) in [6.07, 6.45) is 11.7. The van der Waals surface area contributed by atoms with E-state index in [-0.39, 0.29) is 17.8 Å². The van der Waals surface area contributed by atoms with E-state index in [4.69, 9.17) is 4.74 Å². The lowest BCUT2D eigenvalue weighted by Gasteiger charge is -2.34. The molecule has 180 valence electrons. The van der Waals surface area contributed by atoms with Crippen LogP contribution in [0.25, 0.3) is 16.7 Å². The second-order valence-electron chi connectivity index (χ2n) is 10.2. The maximum Gasteiger partial charge on any atom is 0.305 e. The summed E-state index contributed by atoms with van der Waals surface area (Å²) < 4.78 is 5.41. The average molecular weight is 454 g/mol. The van der Waals surface area contributed by atoms with Crippen LogP contribution in [0.5, 0.6) is 0 Å². The molecule has 1 aliphatic rings. The fraction of sp³-hybridized carbons (Fsp3) is 0.593. The van der Waals surface area contributed by atoms with Crippen LogP contribution in [0.4, 0.5) is 0 Å². The number of hydrogen-bond acceptors (Lipinski definition) is 5. The van der Waals surface area contributed by atoms with Gasteiger partial charge >= 0.3 is 5.97 Å². The highest BCUT2D eigenvalue weighted by atomic mass is 16.5.